The zero-order valence-corrected chi connectivity index (χ0v) is 26.5. The second kappa shape index (κ2) is 12.0. The number of ether oxygens (including phenoxy) is 2. The molecule has 0 bridgehead atoms. The molecule has 230 valence electrons. The number of carbonyl (C=O) groups is 1. The number of hydrogen-bond acceptors (Lipinski definition) is 6. The number of aryl methyl sites for hydroxylation is 1. The van der Waals surface area contributed by atoms with E-state index in [1.165, 1.54) is 30.4 Å². The lowest BCUT2D eigenvalue weighted by molar-refractivity contribution is -0.155. The van der Waals surface area contributed by atoms with Crippen molar-refractivity contribution in [3.63, 3.8) is 0 Å². The van der Waals surface area contributed by atoms with Gasteiger partial charge in [-0.25, -0.2) is 8.42 Å². The van der Waals surface area contributed by atoms with Crippen molar-refractivity contribution in [2.45, 2.75) is 114 Å². The predicted octanol–water partition coefficient (Wildman–Crippen LogP) is 6.09. The van der Waals surface area contributed by atoms with Crippen LogP contribution in [0.2, 0.25) is 0 Å². The van der Waals surface area contributed by atoms with Gasteiger partial charge in [-0.15, -0.1) is 0 Å². The Morgan fingerprint density at radius 3 is 2.44 bits per heavy atom. The molecule has 2 unspecified atom stereocenters. The maximum Gasteiger partial charge on any atom is 0.252 e. The summed E-state index contributed by atoms with van der Waals surface area (Å²) in [6.07, 6.45) is 4.63. The first-order valence-corrected chi connectivity index (χ1v) is 17.4. The van der Waals surface area contributed by atoms with Gasteiger partial charge in [0.05, 0.1) is 16.7 Å². The summed E-state index contributed by atoms with van der Waals surface area (Å²) in [6.45, 7) is 9.04. The van der Waals surface area contributed by atoms with Gasteiger partial charge in [0.1, 0.15) is 6.10 Å². The van der Waals surface area contributed by atoms with E-state index in [-0.39, 0.29) is 22.6 Å². The maximum absolute atomic E-state index is 13.7. The van der Waals surface area contributed by atoms with Crippen LogP contribution in [0.5, 0.6) is 0 Å². The molecule has 2 saturated heterocycles. The fraction of sp³-hybridized carbons (Fsp3) is 0.514. The van der Waals surface area contributed by atoms with Crippen LogP contribution in [0, 0.1) is 0 Å². The quantitative estimate of drug-likeness (QED) is 0.351. The lowest BCUT2D eigenvalue weighted by Gasteiger charge is -2.39. The molecule has 43 heavy (non-hydrogen) atoms. The van der Waals surface area contributed by atoms with Gasteiger partial charge in [0, 0.05) is 18.6 Å². The number of fused-ring (bicyclic) bond motifs is 2. The summed E-state index contributed by atoms with van der Waals surface area (Å²) in [5, 5.41) is 5.02. The van der Waals surface area contributed by atoms with E-state index >= 15 is 0 Å². The molecular weight excluding hydrogens is 560 g/mol. The number of piperidine rings is 1. The Kier molecular flexibility index (Phi) is 8.41. The molecule has 0 spiro atoms. The largest absolute Gasteiger partial charge is 0.347 e. The second-order valence-corrected chi connectivity index (χ2v) is 15.2. The summed E-state index contributed by atoms with van der Waals surface area (Å²) in [4.78, 5) is 16.5. The Labute approximate surface area is 255 Å². The molecule has 2 heterocycles. The highest BCUT2D eigenvalue weighted by atomic mass is 32.2. The van der Waals surface area contributed by atoms with Crippen molar-refractivity contribution in [3.05, 3.63) is 77.4 Å². The molecule has 3 aromatic rings. The Bertz CT molecular complexity index is 1590. The highest BCUT2D eigenvalue weighted by Gasteiger charge is 2.47. The van der Waals surface area contributed by atoms with Gasteiger partial charge in [0.25, 0.3) is 5.91 Å². The van der Waals surface area contributed by atoms with Gasteiger partial charge in [0.2, 0.25) is 0 Å². The molecule has 3 aliphatic rings. The van der Waals surface area contributed by atoms with Gasteiger partial charge >= 0.3 is 0 Å². The monoisotopic (exact) mass is 604 g/mol. The summed E-state index contributed by atoms with van der Waals surface area (Å²) in [7, 11) is -3.75. The van der Waals surface area contributed by atoms with Crippen LogP contribution in [-0.2, 0) is 37.1 Å². The molecule has 0 aromatic heterocycles. The first-order valence-electron chi connectivity index (χ1n) is 15.7. The molecule has 1 amide bonds. The van der Waals surface area contributed by atoms with Gasteiger partial charge < -0.3 is 14.8 Å². The fourth-order valence-corrected chi connectivity index (χ4v) is 8.67. The van der Waals surface area contributed by atoms with E-state index in [9.17, 15) is 13.2 Å². The van der Waals surface area contributed by atoms with Gasteiger partial charge in [0.15, 0.2) is 21.7 Å². The Morgan fingerprint density at radius 2 is 1.67 bits per heavy atom. The van der Waals surface area contributed by atoms with E-state index in [0.29, 0.717) is 12.1 Å². The number of likely N-dealkylation sites (tertiary alicyclic amines) is 1. The molecule has 8 heteroatoms. The third-order valence-electron chi connectivity index (χ3n) is 9.49. The van der Waals surface area contributed by atoms with Crippen molar-refractivity contribution < 1.29 is 22.7 Å². The SMILES string of the molecule is CC1CCC[C@@H](C)N1Cc1ccc2c(c1)CCCC2NC(=O)[C@@H]1OC(C)(C)O[C@@H]1CS(=O)(=O)c1ccc2ccccc2c1. The number of hydrogen-bond donors (Lipinski definition) is 1. The van der Waals surface area contributed by atoms with Crippen LogP contribution in [0.4, 0.5) is 0 Å². The number of benzene rings is 3. The van der Waals surface area contributed by atoms with Gasteiger partial charge in [-0.2, -0.15) is 0 Å². The van der Waals surface area contributed by atoms with Crippen molar-refractivity contribution in [1.29, 1.82) is 0 Å². The highest BCUT2D eigenvalue weighted by Crippen LogP contribution is 2.35. The van der Waals surface area contributed by atoms with Crippen LogP contribution in [0.25, 0.3) is 10.8 Å². The van der Waals surface area contributed by atoms with Crippen molar-refractivity contribution >= 4 is 26.5 Å². The summed E-state index contributed by atoms with van der Waals surface area (Å²) >= 11 is 0. The molecular formula is C35H44N2O5S. The van der Waals surface area contributed by atoms with Gasteiger partial charge in [-0.05, 0) is 99.4 Å². The number of sulfone groups is 1. The number of nitrogens with one attached hydrogen (secondary N) is 1. The normalized spacial score (nSPS) is 27.6. The van der Waals surface area contributed by atoms with E-state index in [0.717, 1.165) is 42.1 Å². The fourth-order valence-electron chi connectivity index (χ4n) is 7.22. The minimum Gasteiger partial charge on any atom is -0.347 e. The first kappa shape index (κ1) is 30.3. The lowest BCUT2D eigenvalue weighted by atomic mass is 9.86. The molecule has 5 atom stereocenters. The smallest absolute Gasteiger partial charge is 0.252 e. The minimum atomic E-state index is -3.75. The zero-order chi connectivity index (χ0) is 30.4. The topological polar surface area (TPSA) is 84.9 Å². The molecule has 2 fully saturated rings. The average molecular weight is 605 g/mol. The van der Waals surface area contributed by atoms with Crippen molar-refractivity contribution in [2.24, 2.45) is 0 Å². The number of amides is 1. The summed E-state index contributed by atoms with van der Waals surface area (Å²) in [6, 6.07) is 20.5. The maximum atomic E-state index is 13.7. The van der Waals surface area contributed by atoms with E-state index in [1.807, 2.05) is 30.3 Å². The Morgan fingerprint density at radius 1 is 0.930 bits per heavy atom. The number of carbonyl (C=O) groups excluding carboxylic acids is 1. The van der Waals surface area contributed by atoms with Crippen molar-refractivity contribution in [2.75, 3.05) is 5.75 Å². The molecule has 2 aliphatic heterocycles. The predicted molar refractivity (Wildman–Crippen MR) is 168 cm³/mol. The van der Waals surface area contributed by atoms with E-state index in [2.05, 4.69) is 42.3 Å². The molecule has 7 nitrogen and oxygen atoms in total. The molecule has 0 saturated carbocycles. The molecule has 0 radical (unpaired) electrons. The van der Waals surface area contributed by atoms with Crippen molar-refractivity contribution in [1.82, 2.24) is 10.2 Å². The molecule has 1 N–H and O–H groups in total. The van der Waals surface area contributed by atoms with Crippen molar-refractivity contribution in [3.8, 4) is 0 Å². The third kappa shape index (κ3) is 6.53. The highest BCUT2D eigenvalue weighted by molar-refractivity contribution is 7.91. The summed E-state index contributed by atoms with van der Waals surface area (Å²) in [5.41, 5.74) is 3.74. The van der Waals surface area contributed by atoms with Gasteiger partial charge in [-0.3, -0.25) is 9.69 Å². The summed E-state index contributed by atoms with van der Waals surface area (Å²) < 4.78 is 39.1. The van der Waals surface area contributed by atoms with Crippen LogP contribution in [0.3, 0.4) is 0 Å². The van der Waals surface area contributed by atoms with E-state index < -0.39 is 27.8 Å². The number of nitrogens with zero attached hydrogens (tertiary/aromatic N) is 1. The molecule has 3 aromatic carbocycles. The number of rotatable bonds is 7. The minimum absolute atomic E-state index is 0.150. The van der Waals surface area contributed by atoms with Crippen LogP contribution in [0.1, 0.15) is 82.5 Å². The average Bonchev–Trinajstić information content (AvgIpc) is 3.28. The van der Waals surface area contributed by atoms with E-state index in [1.54, 1.807) is 26.0 Å². The summed E-state index contributed by atoms with van der Waals surface area (Å²) in [5.74, 6) is -1.75. The van der Waals surface area contributed by atoms with Crippen LogP contribution in [-0.4, -0.2) is 55.1 Å². The second-order valence-electron chi connectivity index (χ2n) is 13.2. The zero-order valence-electron chi connectivity index (χ0n) is 25.7. The van der Waals surface area contributed by atoms with Crippen LogP contribution >= 0.6 is 0 Å². The van der Waals surface area contributed by atoms with Gasteiger partial charge in [-0.1, -0.05) is 55.0 Å². The Balaban J connectivity index is 1.17. The Hall–Kier alpha value is -2.78. The van der Waals surface area contributed by atoms with E-state index in [4.69, 9.17) is 9.47 Å². The van der Waals surface area contributed by atoms with Crippen LogP contribution < -0.4 is 5.32 Å². The standard InChI is InChI=1S/C35H44N2O5S/c1-23-9-7-10-24(2)37(23)21-25-15-18-30-28(19-25)13-8-14-31(30)36-34(38)33-32(41-35(3,4)42-33)22-43(39,40)29-17-16-26-11-5-6-12-27(26)20-29/h5-6,11-12,15-20,23-24,31-33H,7-10,13-14,21-22H2,1-4H3,(H,36,38)/t23-,24?,31?,32-,33-/m1/s1. The molecule has 1 aliphatic carbocycles. The molecule has 6 rings (SSSR count). The first-order chi connectivity index (χ1) is 20.5. The van der Waals surface area contributed by atoms with Crippen LogP contribution in [0.15, 0.2) is 65.6 Å². The third-order valence-corrected chi connectivity index (χ3v) is 11.2. The lowest BCUT2D eigenvalue weighted by Crippen LogP contribution is -2.45.